The predicted octanol–water partition coefficient (Wildman–Crippen LogP) is 2.75. The molecule has 0 amide bonds. The molecular weight excluding hydrogens is 366 g/mol. The van der Waals surface area contributed by atoms with Crippen LogP contribution in [0.3, 0.4) is 0 Å². The first-order chi connectivity index (χ1) is 11.6. The maximum atomic E-state index is 12.9. The van der Waals surface area contributed by atoms with Crippen molar-refractivity contribution < 1.29 is 14.3 Å². The van der Waals surface area contributed by atoms with Crippen LogP contribution in [0.2, 0.25) is 4.47 Å². The average Bonchev–Trinajstić information content (AvgIpc) is 3.30. The Bertz CT molecular complexity index is 1040. The molecule has 0 radical (unpaired) electrons. The second kappa shape index (κ2) is 6.01. The molecule has 24 heavy (non-hydrogen) atoms. The zero-order valence-electron chi connectivity index (χ0n) is 12.2. The smallest absolute Gasteiger partial charge is 0.286 e. The van der Waals surface area contributed by atoms with E-state index in [1.165, 1.54) is 27.1 Å². The minimum atomic E-state index is -0.320. The van der Waals surface area contributed by atoms with Crippen LogP contribution in [0.5, 0.6) is 5.88 Å². The summed E-state index contributed by atoms with van der Waals surface area (Å²) in [6.07, 6.45) is 3.33. The molecule has 8 heteroatoms. The molecule has 0 fully saturated rings. The van der Waals surface area contributed by atoms with Gasteiger partial charge < -0.3 is 5.11 Å². The number of ketones is 1. The van der Waals surface area contributed by atoms with Crippen LogP contribution in [0.15, 0.2) is 48.1 Å². The maximum absolute atomic E-state index is 12.9. The number of carbonyl (C=O) groups excluding carboxylic acids is 1. The van der Waals surface area contributed by atoms with E-state index in [4.69, 9.17) is 11.6 Å². The summed E-state index contributed by atoms with van der Waals surface area (Å²) in [7, 11) is 0. The highest BCUT2D eigenvalue weighted by atomic mass is 35.5. The molecule has 4 aromatic heterocycles. The van der Waals surface area contributed by atoms with Gasteiger partial charge in [-0.15, -0.1) is 22.7 Å². The number of hydrogen-bond donors (Lipinski definition) is 0. The number of nitrogens with zero attached hydrogens (tertiary/aromatic N) is 3. The van der Waals surface area contributed by atoms with E-state index in [1.54, 1.807) is 35.2 Å². The monoisotopic (exact) mass is 375 g/mol. The number of thiophene rings is 1. The molecule has 0 atom stereocenters. The summed E-state index contributed by atoms with van der Waals surface area (Å²) in [5.74, 6) is -0.589. The van der Waals surface area contributed by atoms with Crippen LogP contribution in [-0.4, -0.2) is 15.3 Å². The molecule has 0 saturated carbocycles. The Kier molecular flexibility index (Phi) is 3.84. The Morgan fingerprint density at radius 2 is 2.21 bits per heavy atom. The highest BCUT2D eigenvalue weighted by molar-refractivity contribution is 7.15. The summed E-state index contributed by atoms with van der Waals surface area (Å²) >= 11 is 8.55. The Hall–Kier alpha value is -2.22. The van der Waals surface area contributed by atoms with Crippen LogP contribution in [0, 0.1) is 0 Å². The number of rotatable bonds is 4. The zero-order valence-corrected chi connectivity index (χ0v) is 14.6. The largest absolute Gasteiger partial charge is 0.839 e. The third kappa shape index (κ3) is 2.50. The first-order valence-corrected chi connectivity index (χ1v) is 9.11. The van der Waals surface area contributed by atoms with Crippen molar-refractivity contribution in [3.8, 4) is 5.88 Å². The van der Waals surface area contributed by atoms with E-state index in [0.29, 0.717) is 21.5 Å². The van der Waals surface area contributed by atoms with E-state index in [0.717, 1.165) is 4.88 Å². The molecule has 0 N–H and O–H groups in total. The van der Waals surface area contributed by atoms with Gasteiger partial charge in [-0.2, -0.15) is 0 Å². The lowest BCUT2D eigenvalue weighted by atomic mass is 10.2. The van der Waals surface area contributed by atoms with Gasteiger partial charge in [0.15, 0.2) is 4.47 Å². The van der Waals surface area contributed by atoms with E-state index < -0.39 is 0 Å². The number of hydrogen-bond acceptors (Lipinski definition) is 5. The number of imidazole rings is 1. The predicted molar refractivity (Wildman–Crippen MR) is 91.0 cm³/mol. The quantitative estimate of drug-likeness (QED) is 0.407. The molecule has 0 aliphatic rings. The fourth-order valence-corrected chi connectivity index (χ4v) is 4.22. The third-order valence-electron chi connectivity index (χ3n) is 3.61. The number of aromatic nitrogens is 3. The summed E-state index contributed by atoms with van der Waals surface area (Å²) in [5.41, 5.74) is 0.806. The molecular formula is C16H10ClN3O2S2. The lowest BCUT2D eigenvalue weighted by molar-refractivity contribution is -0.582. The molecule has 0 aromatic carbocycles. The Morgan fingerprint density at radius 3 is 2.92 bits per heavy atom. The first kappa shape index (κ1) is 15.3. The van der Waals surface area contributed by atoms with Crippen LogP contribution in [0.25, 0.3) is 5.65 Å². The van der Waals surface area contributed by atoms with Gasteiger partial charge in [0.25, 0.3) is 5.65 Å². The minimum absolute atomic E-state index is 0.146. The highest BCUT2D eigenvalue weighted by Gasteiger charge is 2.27. The second-order valence-corrected chi connectivity index (χ2v) is 7.70. The van der Waals surface area contributed by atoms with Gasteiger partial charge >= 0.3 is 0 Å². The highest BCUT2D eigenvalue weighted by Crippen LogP contribution is 2.25. The van der Waals surface area contributed by atoms with E-state index in [1.807, 2.05) is 17.5 Å². The fourth-order valence-electron chi connectivity index (χ4n) is 2.59. The molecule has 0 bridgehead atoms. The molecule has 0 aliphatic heterocycles. The molecule has 0 aliphatic carbocycles. The van der Waals surface area contributed by atoms with Crippen LogP contribution in [0.4, 0.5) is 0 Å². The van der Waals surface area contributed by atoms with Gasteiger partial charge in [0, 0.05) is 12.3 Å². The number of carbonyl (C=O) groups is 1. The summed E-state index contributed by atoms with van der Waals surface area (Å²) in [4.78, 5) is 18.3. The third-order valence-corrected chi connectivity index (χ3v) is 5.57. The van der Waals surface area contributed by atoms with Crippen LogP contribution in [0.1, 0.15) is 20.2 Å². The normalized spacial score (nSPS) is 11.2. The minimum Gasteiger partial charge on any atom is -0.839 e. The van der Waals surface area contributed by atoms with Gasteiger partial charge in [-0.1, -0.05) is 23.7 Å². The maximum Gasteiger partial charge on any atom is 0.286 e. The average molecular weight is 376 g/mol. The molecule has 4 heterocycles. The summed E-state index contributed by atoms with van der Waals surface area (Å²) in [6.45, 7) is 0.368. The molecule has 4 aromatic rings. The molecule has 120 valence electrons. The lowest BCUT2D eigenvalue weighted by Crippen LogP contribution is -2.24. The van der Waals surface area contributed by atoms with E-state index in [2.05, 4.69) is 4.98 Å². The Balaban J connectivity index is 1.92. The van der Waals surface area contributed by atoms with E-state index in [-0.39, 0.29) is 17.4 Å². The van der Waals surface area contributed by atoms with Gasteiger partial charge in [0.05, 0.1) is 16.0 Å². The zero-order chi connectivity index (χ0) is 16.7. The van der Waals surface area contributed by atoms with Crippen molar-refractivity contribution in [2.24, 2.45) is 0 Å². The van der Waals surface area contributed by atoms with Crippen LogP contribution < -0.4 is 9.51 Å². The summed E-state index contributed by atoms with van der Waals surface area (Å²) in [6, 6.07) is 8.94. The standard InChI is InChI=1S/C16H10ClN3O2S2/c17-16-18-8-10(24-16)9-20-12-5-1-2-6-19(12)15(22)13(20)14(21)11-4-3-7-23-11/h1-8H,9H2. The van der Waals surface area contributed by atoms with Gasteiger partial charge in [-0.3, -0.25) is 4.79 Å². The van der Waals surface area contributed by atoms with Crippen molar-refractivity contribution in [2.45, 2.75) is 6.54 Å². The van der Waals surface area contributed by atoms with E-state index in [9.17, 15) is 9.90 Å². The van der Waals surface area contributed by atoms with Gasteiger partial charge in [0.1, 0.15) is 12.4 Å². The number of halogens is 1. The van der Waals surface area contributed by atoms with Crippen molar-refractivity contribution in [1.29, 1.82) is 0 Å². The van der Waals surface area contributed by atoms with Crippen molar-refractivity contribution in [3.63, 3.8) is 0 Å². The molecule has 0 spiro atoms. The second-order valence-electron chi connectivity index (χ2n) is 5.05. The molecule has 0 unspecified atom stereocenters. The van der Waals surface area contributed by atoms with Crippen molar-refractivity contribution in [2.75, 3.05) is 0 Å². The lowest BCUT2D eigenvalue weighted by Gasteiger charge is -2.03. The van der Waals surface area contributed by atoms with Crippen molar-refractivity contribution in [3.05, 3.63) is 68.0 Å². The molecule has 4 rings (SSSR count). The fraction of sp³-hybridized carbons (Fsp3) is 0.0625. The number of pyridine rings is 1. The Labute approximate surface area is 150 Å². The number of fused-ring (bicyclic) bond motifs is 1. The Morgan fingerprint density at radius 1 is 1.33 bits per heavy atom. The summed E-state index contributed by atoms with van der Waals surface area (Å²) in [5, 5.41) is 14.6. The van der Waals surface area contributed by atoms with Crippen molar-refractivity contribution in [1.82, 2.24) is 9.55 Å². The van der Waals surface area contributed by atoms with Crippen LogP contribution in [-0.2, 0) is 6.54 Å². The van der Waals surface area contributed by atoms with E-state index >= 15 is 0 Å². The van der Waals surface area contributed by atoms with Gasteiger partial charge in [0.2, 0.25) is 11.5 Å². The van der Waals surface area contributed by atoms with Gasteiger partial charge in [-0.05, 0) is 17.5 Å². The van der Waals surface area contributed by atoms with Crippen molar-refractivity contribution >= 4 is 45.7 Å². The molecule has 0 saturated heterocycles. The molecule has 5 nitrogen and oxygen atoms in total. The number of thiazole rings is 1. The topological polar surface area (TPSA) is 62.0 Å². The first-order valence-electron chi connectivity index (χ1n) is 7.03. The summed E-state index contributed by atoms with van der Waals surface area (Å²) < 4.78 is 3.65. The SMILES string of the molecule is O=C(c1cccs1)c1c([O-])[n+]2ccccc2n1Cc1cnc(Cl)s1. The van der Waals surface area contributed by atoms with Gasteiger partial charge in [-0.25, -0.2) is 14.0 Å². The van der Waals surface area contributed by atoms with Crippen LogP contribution >= 0.6 is 34.3 Å².